The van der Waals surface area contributed by atoms with Crippen LogP contribution in [0.5, 0.6) is 0 Å². The predicted octanol–water partition coefficient (Wildman–Crippen LogP) is 2.16. The van der Waals surface area contributed by atoms with Crippen LogP contribution in [0.1, 0.15) is 31.4 Å². The average Bonchev–Trinajstić information content (AvgIpc) is 2.45. The average molecular weight is 275 g/mol. The molecule has 4 heteroatoms. The number of ether oxygens (including phenoxy) is 1. The molecule has 0 aromatic heterocycles. The van der Waals surface area contributed by atoms with Gasteiger partial charge < -0.3 is 9.64 Å². The minimum absolute atomic E-state index is 0.0184. The number of esters is 1. The quantitative estimate of drug-likeness (QED) is 0.794. The van der Waals surface area contributed by atoms with Crippen LogP contribution in [-0.4, -0.2) is 29.9 Å². The standard InChI is InChI=1S/C16H21NO3/c1-11(16(19)20-3)8-15(18)17-10-14-7-5-4-6-13(14)9-12(17)2/h4-7,11-12H,8-10H2,1-3H3/t11-,12-/m0/s1. The number of hydrogen-bond donors (Lipinski definition) is 0. The van der Waals surface area contributed by atoms with Gasteiger partial charge in [-0.3, -0.25) is 9.59 Å². The number of hydrogen-bond acceptors (Lipinski definition) is 3. The molecule has 1 aliphatic rings. The van der Waals surface area contributed by atoms with Crippen molar-refractivity contribution in [2.45, 2.75) is 39.3 Å². The van der Waals surface area contributed by atoms with Crippen LogP contribution in [0, 0.1) is 5.92 Å². The highest BCUT2D eigenvalue weighted by molar-refractivity contribution is 5.83. The first kappa shape index (κ1) is 14.6. The highest BCUT2D eigenvalue weighted by Gasteiger charge is 2.28. The van der Waals surface area contributed by atoms with Gasteiger partial charge in [-0.15, -0.1) is 0 Å². The van der Waals surface area contributed by atoms with E-state index in [9.17, 15) is 9.59 Å². The Morgan fingerprint density at radius 2 is 2.00 bits per heavy atom. The van der Waals surface area contributed by atoms with Crippen LogP contribution in [0.2, 0.25) is 0 Å². The third-order valence-electron chi connectivity index (χ3n) is 3.91. The van der Waals surface area contributed by atoms with Gasteiger partial charge in [0.1, 0.15) is 0 Å². The molecule has 1 aromatic rings. The van der Waals surface area contributed by atoms with E-state index in [1.54, 1.807) is 6.92 Å². The highest BCUT2D eigenvalue weighted by atomic mass is 16.5. The van der Waals surface area contributed by atoms with Crippen molar-refractivity contribution < 1.29 is 14.3 Å². The molecule has 0 saturated carbocycles. The van der Waals surface area contributed by atoms with Crippen molar-refractivity contribution in [1.82, 2.24) is 4.90 Å². The second kappa shape index (κ2) is 6.07. The lowest BCUT2D eigenvalue weighted by Gasteiger charge is -2.35. The van der Waals surface area contributed by atoms with E-state index in [2.05, 4.69) is 23.8 Å². The molecule has 0 fully saturated rings. The van der Waals surface area contributed by atoms with Crippen LogP contribution in [0.4, 0.5) is 0 Å². The summed E-state index contributed by atoms with van der Waals surface area (Å²) >= 11 is 0. The maximum absolute atomic E-state index is 12.4. The van der Waals surface area contributed by atoms with E-state index < -0.39 is 5.92 Å². The summed E-state index contributed by atoms with van der Waals surface area (Å²) in [6, 6.07) is 8.37. The van der Waals surface area contributed by atoms with Crippen LogP contribution < -0.4 is 0 Å². The Morgan fingerprint density at radius 3 is 2.65 bits per heavy atom. The lowest BCUT2D eigenvalue weighted by molar-refractivity contribution is -0.149. The zero-order valence-corrected chi connectivity index (χ0v) is 12.3. The van der Waals surface area contributed by atoms with Gasteiger partial charge in [-0.2, -0.15) is 0 Å². The summed E-state index contributed by atoms with van der Waals surface area (Å²) in [6.45, 7) is 4.41. The number of nitrogens with zero attached hydrogens (tertiary/aromatic N) is 1. The molecule has 0 unspecified atom stereocenters. The molecule has 2 atom stereocenters. The molecule has 0 bridgehead atoms. The summed E-state index contributed by atoms with van der Waals surface area (Å²) in [7, 11) is 1.35. The van der Waals surface area contributed by atoms with E-state index >= 15 is 0 Å². The normalized spacial score (nSPS) is 19.1. The van der Waals surface area contributed by atoms with Gasteiger partial charge >= 0.3 is 5.97 Å². The molecule has 0 saturated heterocycles. The van der Waals surface area contributed by atoms with Crippen LogP contribution in [-0.2, 0) is 27.3 Å². The minimum atomic E-state index is -0.392. The van der Waals surface area contributed by atoms with Gasteiger partial charge in [0, 0.05) is 19.0 Å². The molecule has 1 aliphatic heterocycles. The monoisotopic (exact) mass is 275 g/mol. The van der Waals surface area contributed by atoms with Gasteiger partial charge in [-0.05, 0) is 24.5 Å². The van der Waals surface area contributed by atoms with Crippen molar-refractivity contribution in [3.63, 3.8) is 0 Å². The number of benzene rings is 1. The Morgan fingerprint density at radius 1 is 1.35 bits per heavy atom. The van der Waals surface area contributed by atoms with Crippen molar-refractivity contribution in [3.05, 3.63) is 35.4 Å². The van der Waals surface area contributed by atoms with Crippen LogP contribution in [0.15, 0.2) is 24.3 Å². The third-order valence-corrected chi connectivity index (χ3v) is 3.91. The van der Waals surface area contributed by atoms with E-state index in [-0.39, 0.29) is 24.3 Å². The smallest absolute Gasteiger partial charge is 0.308 e. The van der Waals surface area contributed by atoms with E-state index in [0.29, 0.717) is 6.54 Å². The predicted molar refractivity (Wildman–Crippen MR) is 76.0 cm³/mol. The van der Waals surface area contributed by atoms with Gasteiger partial charge in [-0.25, -0.2) is 0 Å². The van der Waals surface area contributed by atoms with E-state index in [1.807, 2.05) is 17.0 Å². The lowest BCUT2D eigenvalue weighted by Crippen LogP contribution is -2.43. The summed E-state index contributed by atoms with van der Waals surface area (Å²) in [5.74, 6) is -0.704. The van der Waals surface area contributed by atoms with E-state index in [4.69, 9.17) is 0 Å². The molecule has 4 nitrogen and oxygen atoms in total. The molecular weight excluding hydrogens is 254 g/mol. The molecule has 1 aromatic carbocycles. The number of methoxy groups -OCH3 is 1. The topological polar surface area (TPSA) is 46.6 Å². The Balaban J connectivity index is 2.06. The third kappa shape index (κ3) is 3.00. The van der Waals surface area contributed by atoms with Gasteiger partial charge in [0.25, 0.3) is 0 Å². The molecule has 1 amide bonds. The molecule has 0 aliphatic carbocycles. The van der Waals surface area contributed by atoms with Crippen molar-refractivity contribution in [2.75, 3.05) is 7.11 Å². The van der Waals surface area contributed by atoms with Crippen molar-refractivity contribution in [2.24, 2.45) is 5.92 Å². The Labute approximate surface area is 119 Å². The first-order valence-electron chi connectivity index (χ1n) is 6.97. The number of amides is 1. The lowest BCUT2D eigenvalue weighted by atomic mass is 9.94. The molecule has 2 rings (SSSR count). The first-order valence-corrected chi connectivity index (χ1v) is 6.97. The maximum Gasteiger partial charge on any atom is 0.308 e. The van der Waals surface area contributed by atoms with Crippen molar-refractivity contribution in [3.8, 4) is 0 Å². The fourth-order valence-electron chi connectivity index (χ4n) is 2.68. The number of carbonyl (C=O) groups excluding carboxylic acids is 2. The Kier molecular flexibility index (Phi) is 4.42. The van der Waals surface area contributed by atoms with Crippen LogP contribution in [0.25, 0.3) is 0 Å². The van der Waals surface area contributed by atoms with Crippen molar-refractivity contribution >= 4 is 11.9 Å². The second-order valence-electron chi connectivity index (χ2n) is 5.47. The molecule has 0 radical (unpaired) electrons. The molecule has 108 valence electrons. The second-order valence-corrected chi connectivity index (χ2v) is 5.47. The summed E-state index contributed by atoms with van der Waals surface area (Å²) in [5.41, 5.74) is 2.51. The maximum atomic E-state index is 12.4. The number of fused-ring (bicyclic) bond motifs is 1. The molecular formula is C16H21NO3. The number of carbonyl (C=O) groups is 2. The molecule has 0 spiro atoms. The molecule has 1 heterocycles. The summed E-state index contributed by atoms with van der Waals surface area (Å²) in [5, 5.41) is 0. The summed E-state index contributed by atoms with van der Waals surface area (Å²) < 4.78 is 4.67. The fraction of sp³-hybridized carbons (Fsp3) is 0.500. The zero-order chi connectivity index (χ0) is 14.7. The van der Waals surface area contributed by atoms with Gasteiger partial charge in [0.2, 0.25) is 5.91 Å². The largest absolute Gasteiger partial charge is 0.469 e. The van der Waals surface area contributed by atoms with Crippen molar-refractivity contribution in [1.29, 1.82) is 0 Å². The van der Waals surface area contributed by atoms with Crippen LogP contribution >= 0.6 is 0 Å². The molecule has 0 N–H and O–H groups in total. The first-order chi connectivity index (χ1) is 9.52. The highest BCUT2D eigenvalue weighted by Crippen LogP contribution is 2.24. The Bertz CT molecular complexity index is 512. The van der Waals surface area contributed by atoms with Crippen LogP contribution in [0.3, 0.4) is 0 Å². The zero-order valence-electron chi connectivity index (χ0n) is 12.3. The van der Waals surface area contributed by atoms with E-state index in [0.717, 1.165) is 6.42 Å². The fourth-order valence-corrected chi connectivity index (χ4v) is 2.68. The summed E-state index contributed by atoms with van der Waals surface area (Å²) in [6.07, 6.45) is 1.08. The van der Waals surface area contributed by atoms with E-state index in [1.165, 1.54) is 18.2 Å². The number of rotatable bonds is 3. The SMILES string of the molecule is COC(=O)[C@@H](C)CC(=O)N1Cc2ccccc2C[C@@H]1C. The van der Waals surface area contributed by atoms with Gasteiger partial charge in [0.15, 0.2) is 0 Å². The minimum Gasteiger partial charge on any atom is -0.469 e. The van der Waals surface area contributed by atoms with Gasteiger partial charge in [0.05, 0.1) is 13.0 Å². The Hall–Kier alpha value is -1.84. The molecule has 20 heavy (non-hydrogen) atoms. The van der Waals surface area contributed by atoms with Gasteiger partial charge in [-0.1, -0.05) is 31.2 Å². The summed E-state index contributed by atoms with van der Waals surface area (Å²) in [4.78, 5) is 25.6.